The zero-order chi connectivity index (χ0) is 13.9. The standard InChI is InChI=1S/C13H13N5OS/c1-8-4-5-11(20-8)18-13(19)15-7-10-16-9-3-2-6-14-12(9)17-10/h2-6H,7H2,1H3,(H,14,16,17)(H2,15,18,19). The normalized spacial score (nSPS) is 10.7. The Hall–Kier alpha value is -2.41. The summed E-state index contributed by atoms with van der Waals surface area (Å²) in [6.45, 7) is 2.32. The Bertz CT molecular complexity index is 715. The highest BCUT2D eigenvalue weighted by molar-refractivity contribution is 7.16. The highest BCUT2D eigenvalue weighted by Crippen LogP contribution is 2.20. The Balaban J connectivity index is 1.59. The van der Waals surface area contributed by atoms with E-state index in [-0.39, 0.29) is 6.03 Å². The minimum absolute atomic E-state index is 0.250. The second-order valence-electron chi connectivity index (χ2n) is 4.28. The van der Waals surface area contributed by atoms with Crippen molar-refractivity contribution >= 4 is 33.5 Å². The van der Waals surface area contributed by atoms with Crippen molar-refractivity contribution in [3.8, 4) is 0 Å². The van der Waals surface area contributed by atoms with Crippen molar-refractivity contribution in [1.82, 2.24) is 20.3 Å². The van der Waals surface area contributed by atoms with Crippen molar-refractivity contribution in [1.29, 1.82) is 0 Å². The Morgan fingerprint density at radius 1 is 1.40 bits per heavy atom. The van der Waals surface area contributed by atoms with Crippen LogP contribution in [0.1, 0.15) is 10.7 Å². The lowest BCUT2D eigenvalue weighted by atomic mass is 10.4. The molecule has 3 N–H and O–H groups in total. The van der Waals surface area contributed by atoms with E-state index in [1.165, 1.54) is 11.3 Å². The Kier molecular flexibility index (Phi) is 3.34. The van der Waals surface area contributed by atoms with Gasteiger partial charge in [-0.2, -0.15) is 0 Å². The zero-order valence-electron chi connectivity index (χ0n) is 10.8. The van der Waals surface area contributed by atoms with Crippen LogP contribution >= 0.6 is 11.3 Å². The largest absolute Gasteiger partial charge is 0.339 e. The van der Waals surface area contributed by atoms with Gasteiger partial charge in [0.15, 0.2) is 5.65 Å². The van der Waals surface area contributed by atoms with Gasteiger partial charge in [0, 0.05) is 11.1 Å². The molecule has 2 amide bonds. The molecule has 0 unspecified atom stereocenters. The Morgan fingerprint density at radius 3 is 3.05 bits per heavy atom. The quantitative estimate of drug-likeness (QED) is 0.692. The van der Waals surface area contributed by atoms with E-state index in [2.05, 4.69) is 25.6 Å². The molecule has 0 bridgehead atoms. The molecule has 3 rings (SSSR count). The van der Waals surface area contributed by atoms with E-state index in [0.29, 0.717) is 18.0 Å². The van der Waals surface area contributed by atoms with Crippen LogP contribution in [-0.2, 0) is 6.54 Å². The molecular weight excluding hydrogens is 274 g/mol. The molecule has 0 spiro atoms. The number of thiophene rings is 1. The van der Waals surface area contributed by atoms with Gasteiger partial charge in [-0.3, -0.25) is 5.32 Å². The number of H-pyrrole nitrogens is 1. The predicted octanol–water partition coefficient (Wildman–Crippen LogP) is 2.65. The van der Waals surface area contributed by atoms with E-state index in [1.54, 1.807) is 6.20 Å². The molecule has 0 aliphatic heterocycles. The molecule has 0 aliphatic carbocycles. The molecule has 0 radical (unpaired) electrons. The molecule has 0 saturated carbocycles. The number of carbonyl (C=O) groups is 1. The number of aromatic nitrogens is 3. The minimum Gasteiger partial charge on any atom is -0.339 e. The molecule has 6 nitrogen and oxygen atoms in total. The number of nitrogens with one attached hydrogen (secondary N) is 3. The summed E-state index contributed by atoms with van der Waals surface area (Å²) in [4.78, 5) is 24.4. The molecule has 3 aromatic heterocycles. The molecule has 0 saturated heterocycles. The first-order valence-corrected chi connectivity index (χ1v) is 6.93. The highest BCUT2D eigenvalue weighted by Gasteiger charge is 2.06. The molecule has 7 heteroatoms. The van der Waals surface area contributed by atoms with E-state index < -0.39 is 0 Å². The number of anilines is 1. The second-order valence-corrected chi connectivity index (χ2v) is 5.56. The van der Waals surface area contributed by atoms with Gasteiger partial charge >= 0.3 is 6.03 Å². The summed E-state index contributed by atoms with van der Waals surface area (Å²) in [6.07, 6.45) is 1.69. The highest BCUT2D eigenvalue weighted by atomic mass is 32.1. The maximum absolute atomic E-state index is 11.7. The smallest absolute Gasteiger partial charge is 0.320 e. The molecular formula is C13H13N5OS. The molecule has 20 heavy (non-hydrogen) atoms. The number of aromatic amines is 1. The summed E-state index contributed by atoms with van der Waals surface area (Å²) in [5.41, 5.74) is 1.51. The monoisotopic (exact) mass is 287 g/mol. The van der Waals surface area contributed by atoms with Crippen LogP contribution in [0.15, 0.2) is 30.5 Å². The topological polar surface area (TPSA) is 82.7 Å². The summed E-state index contributed by atoms with van der Waals surface area (Å²) >= 11 is 1.54. The molecule has 0 aromatic carbocycles. The third-order valence-electron chi connectivity index (χ3n) is 2.70. The van der Waals surface area contributed by atoms with Gasteiger partial charge in [0.05, 0.1) is 17.1 Å². The number of carbonyl (C=O) groups excluding carboxylic acids is 1. The van der Waals surface area contributed by atoms with E-state index in [4.69, 9.17) is 0 Å². The minimum atomic E-state index is -0.250. The van der Waals surface area contributed by atoms with Gasteiger partial charge in [-0.1, -0.05) is 0 Å². The molecule has 0 fully saturated rings. The second kappa shape index (κ2) is 5.30. The summed E-state index contributed by atoms with van der Waals surface area (Å²) < 4.78 is 0. The van der Waals surface area contributed by atoms with Crippen molar-refractivity contribution in [3.05, 3.63) is 41.2 Å². The SMILES string of the molecule is Cc1ccc(NC(=O)NCc2nc3ncccc3[nH]2)s1. The van der Waals surface area contributed by atoms with E-state index >= 15 is 0 Å². The van der Waals surface area contributed by atoms with E-state index in [1.807, 2.05) is 31.2 Å². The molecule has 0 atom stereocenters. The first-order chi connectivity index (χ1) is 9.70. The fourth-order valence-corrected chi connectivity index (χ4v) is 2.56. The number of nitrogens with zero attached hydrogens (tertiary/aromatic N) is 2. The van der Waals surface area contributed by atoms with Crippen molar-refractivity contribution in [2.24, 2.45) is 0 Å². The van der Waals surface area contributed by atoms with Crippen molar-refractivity contribution < 1.29 is 4.79 Å². The molecule has 3 heterocycles. The van der Waals surface area contributed by atoms with Gasteiger partial charge in [0.25, 0.3) is 0 Å². The van der Waals surface area contributed by atoms with Gasteiger partial charge in [-0.15, -0.1) is 11.3 Å². The average Bonchev–Trinajstić information content (AvgIpc) is 3.02. The van der Waals surface area contributed by atoms with Crippen LogP contribution in [0.3, 0.4) is 0 Å². The van der Waals surface area contributed by atoms with Crippen molar-refractivity contribution in [3.63, 3.8) is 0 Å². The molecule has 3 aromatic rings. The number of aryl methyl sites for hydroxylation is 1. The van der Waals surface area contributed by atoms with Crippen LogP contribution in [0.5, 0.6) is 0 Å². The number of hydrogen-bond acceptors (Lipinski definition) is 4. The van der Waals surface area contributed by atoms with Crippen LogP contribution in [0.2, 0.25) is 0 Å². The fraction of sp³-hybridized carbons (Fsp3) is 0.154. The summed E-state index contributed by atoms with van der Waals surface area (Å²) in [6, 6.07) is 7.33. The number of imidazole rings is 1. The van der Waals surface area contributed by atoms with Crippen LogP contribution in [0, 0.1) is 6.92 Å². The van der Waals surface area contributed by atoms with Crippen LogP contribution in [0.4, 0.5) is 9.80 Å². The zero-order valence-corrected chi connectivity index (χ0v) is 11.6. The average molecular weight is 287 g/mol. The van der Waals surface area contributed by atoms with Crippen molar-refractivity contribution in [2.45, 2.75) is 13.5 Å². The van der Waals surface area contributed by atoms with Gasteiger partial charge in [0.1, 0.15) is 5.82 Å². The number of pyridine rings is 1. The third-order valence-corrected chi connectivity index (χ3v) is 3.62. The van der Waals surface area contributed by atoms with Gasteiger partial charge in [0.2, 0.25) is 0 Å². The fourth-order valence-electron chi connectivity index (χ4n) is 1.80. The maximum Gasteiger partial charge on any atom is 0.320 e. The predicted molar refractivity (Wildman–Crippen MR) is 78.8 cm³/mol. The number of urea groups is 1. The Morgan fingerprint density at radius 2 is 2.30 bits per heavy atom. The van der Waals surface area contributed by atoms with Crippen LogP contribution in [0.25, 0.3) is 11.2 Å². The van der Waals surface area contributed by atoms with Crippen molar-refractivity contribution in [2.75, 3.05) is 5.32 Å². The number of amides is 2. The van der Waals surface area contributed by atoms with Crippen LogP contribution < -0.4 is 10.6 Å². The third kappa shape index (κ3) is 2.77. The van der Waals surface area contributed by atoms with E-state index in [0.717, 1.165) is 15.4 Å². The lowest BCUT2D eigenvalue weighted by molar-refractivity contribution is 0.251. The summed E-state index contributed by atoms with van der Waals surface area (Å²) in [5, 5.41) is 6.36. The maximum atomic E-state index is 11.7. The first kappa shape index (κ1) is 12.6. The van der Waals surface area contributed by atoms with Gasteiger partial charge < -0.3 is 10.3 Å². The summed E-state index contributed by atoms with van der Waals surface area (Å²) in [7, 11) is 0. The number of rotatable bonds is 3. The molecule has 102 valence electrons. The van der Waals surface area contributed by atoms with Gasteiger partial charge in [-0.25, -0.2) is 14.8 Å². The van der Waals surface area contributed by atoms with Crippen LogP contribution in [-0.4, -0.2) is 21.0 Å². The first-order valence-electron chi connectivity index (χ1n) is 6.11. The number of hydrogen-bond donors (Lipinski definition) is 3. The Labute approximate surface area is 119 Å². The lowest BCUT2D eigenvalue weighted by Crippen LogP contribution is -2.28. The lowest BCUT2D eigenvalue weighted by Gasteiger charge is -2.03. The number of fused-ring (bicyclic) bond motifs is 1. The van der Waals surface area contributed by atoms with Gasteiger partial charge in [-0.05, 0) is 31.2 Å². The van der Waals surface area contributed by atoms with E-state index in [9.17, 15) is 4.79 Å². The molecule has 0 aliphatic rings. The summed E-state index contributed by atoms with van der Waals surface area (Å²) in [5.74, 6) is 0.677.